The standard InChI is InChI=1S/C17H19N5O2/c1-4-24-17(23)13-9-19-15(7-14(13)21-11(2)3)22-6-5-12-8-18-10-20-16(12)22/h5-11H,4H2,1-3H3,(H,19,21). The monoisotopic (exact) mass is 325 g/mol. The Hall–Kier alpha value is -2.96. The molecule has 0 aliphatic heterocycles. The Labute approximate surface area is 139 Å². The van der Waals surface area contributed by atoms with Crippen LogP contribution in [0.2, 0.25) is 0 Å². The lowest BCUT2D eigenvalue weighted by Crippen LogP contribution is -2.16. The number of anilines is 1. The summed E-state index contributed by atoms with van der Waals surface area (Å²) in [5, 5.41) is 4.20. The molecule has 7 nitrogen and oxygen atoms in total. The molecule has 3 aromatic rings. The van der Waals surface area contributed by atoms with Gasteiger partial charge in [0.05, 0.1) is 12.3 Å². The molecule has 0 radical (unpaired) electrons. The van der Waals surface area contributed by atoms with Crippen molar-refractivity contribution in [1.29, 1.82) is 0 Å². The molecule has 24 heavy (non-hydrogen) atoms. The summed E-state index contributed by atoms with van der Waals surface area (Å²) in [7, 11) is 0. The van der Waals surface area contributed by atoms with Crippen molar-refractivity contribution < 1.29 is 9.53 Å². The fraction of sp³-hybridized carbons (Fsp3) is 0.294. The Kier molecular flexibility index (Phi) is 4.41. The Morgan fingerprint density at radius 3 is 2.92 bits per heavy atom. The predicted molar refractivity (Wildman–Crippen MR) is 91.4 cm³/mol. The second-order valence-electron chi connectivity index (χ2n) is 5.60. The van der Waals surface area contributed by atoms with E-state index < -0.39 is 0 Å². The molecule has 0 atom stereocenters. The molecule has 3 rings (SSSR count). The van der Waals surface area contributed by atoms with Gasteiger partial charge in [-0.3, -0.25) is 4.57 Å². The predicted octanol–water partition coefficient (Wildman–Crippen LogP) is 2.81. The van der Waals surface area contributed by atoms with E-state index in [9.17, 15) is 4.79 Å². The van der Waals surface area contributed by atoms with Crippen LogP contribution in [0, 0.1) is 0 Å². The third-order valence-corrected chi connectivity index (χ3v) is 3.43. The summed E-state index contributed by atoms with van der Waals surface area (Å²) >= 11 is 0. The van der Waals surface area contributed by atoms with Crippen molar-refractivity contribution in [1.82, 2.24) is 19.5 Å². The molecule has 0 amide bonds. The zero-order valence-electron chi connectivity index (χ0n) is 13.9. The number of ether oxygens (including phenoxy) is 1. The second kappa shape index (κ2) is 6.66. The maximum atomic E-state index is 12.1. The number of aromatic nitrogens is 4. The minimum atomic E-state index is -0.389. The van der Waals surface area contributed by atoms with E-state index in [0.717, 1.165) is 11.0 Å². The van der Waals surface area contributed by atoms with Crippen LogP contribution in [0.3, 0.4) is 0 Å². The van der Waals surface area contributed by atoms with E-state index in [-0.39, 0.29) is 12.0 Å². The number of hydrogen-bond acceptors (Lipinski definition) is 6. The van der Waals surface area contributed by atoms with Crippen LogP contribution in [0.15, 0.2) is 37.1 Å². The Morgan fingerprint density at radius 1 is 1.33 bits per heavy atom. The number of carbonyl (C=O) groups excluding carboxylic acids is 1. The summed E-state index contributed by atoms with van der Waals surface area (Å²) in [6.07, 6.45) is 6.66. The molecule has 0 aromatic carbocycles. The summed E-state index contributed by atoms with van der Waals surface area (Å²) in [4.78, 5) is 24.8. The highest BCUT2D eigenvalue weighted by molar-refractivity contribution is 5.95. The van der Waals surface area contributed by atoms with Gasteiger partial charge in [-0.15, -0.1) is 0 Å². The fourth-order valence-electron chi connectivity index (χ4n) is 2.44. The number of fused-ring (bicyclic) bond motifs is 1. The van der Waals surface area contributed by atoms with Crippen molar-refractivity contribution in [2.45, 2.75) is 26.8 Å². The summed E-state index contributed by atoms with van der Waals surface area (Å²) in [6.45, 7) is 6.11. The molecular formula is C17H19N5O2. The first-order valence-electron chi connectivity index (χ1n) is 7.81. The van der Waals surface area contributed by atoms with E-state index >= 15 is 0 Å². The third kappa shape index (κ3) is 3.05. The first kappa shape index (κ1) is 15.9. The first-order valence-corrected chi connectivity index (χ1v) is 7.81. The molecule has 0 aliphatic carbocycles. The van der Waals surface area contributed by atoms with Crippen LogP contribution in [0.4, 0.5) is 5.69 Å². The van der Waals surface area contributed by atoms with E-state index in [0.29, 0.717) is 23.7 Å². The number of hydrogen-bond donors (Lipinski definition) is 1. The van der Waals surface area contributed by atoms with Crippen LogP contribution >= 0.6 is 0 Å². The largest absolute Gasteiger partial charge is 0.462 e. The molecule has 124 valence electrons. The van der Waals surface area contributed by atoms with E-state index in [4.69, 9.17) is 4.74 Å². The Bertz CT molecular complexity index is 872. The lowest BCUT2D eigenvalue weighted by molar-refractivity contribution is 0.0527. The molecule has 0 fully saturated rings. The SMILES string of the molecule is CCOC(=O)c1cnc(-n2ccc3cncnc32)cc1NC(C)C. The summed E-state index contributed by atoms with van der Waals surface area (Å²) in [5.41, 5.74) is 1.86. The van der Waals surface area contributed by atoms with Crippen LogP contribution < -0.4 is 5.32 Å². The van der Waals surface area contributed by atoms with E-state index in [1.165, 1.54) is 12.5 Å². The average molecular weight is 325 g/mol. The summed E-state index contributed by atoms with van der Waals surface area (Å²) in [6, 6.07) is 3.91. The normalized spacial score (nSPS) is 11.0. The van der Waals surface area contributed by atoms with Crippen LogP contribution in [0.1, 0.15) is 31.1 Å². The molecule has 3 aromatic heterocycles. The van der Waals surface area contributed by atoms with Gasteiger partial charge in [0.1, 0.15) is 23.4 Å². The van der Waals surface area contributed by atoms with Crippen LogP contribution in [-0.4, -0.2) is 38.1 Å². The van der Waals surface area contributed by atoms with Gasteiger partial charge in [-0.05, 0) is 26.8 Å². The zero-order valence-corrected chi connectivity index (χ0v) is 13.9. The Balaban J connectivity index is 2.08. The number of nitrogens with zero attached hydrogens (tertiary/aromatic N) is 4. The van der Waals surface area contributed by atoms with Gasteiger partial charge in [-0.25, -0.2) is 19.7 Å². The van der Waals surface area contributed by atoms with Crippen molar-refractivity contribution in [3.63, 3.8) is 0 Å². The van der Waals surface area contributed by atoms with E-state index in [2.05, 4.69) is 20.3 Å². The molecule has 7 heteroatoms. The fourth-order valence-corrected chi connectivity index (χ4v) is 2.44. The highest BCUT2D eigenvalue weighted by Gasteiger charge is 2.16. The third-order valence-electron chi connectivity index (χ3n) is 3.43. The van der Waals surface area contributed by atoms with Crippen LogP contribution in [-0.2, 0) is 4.74 Å². The molecule has 0 saturated carbocycles. The molecule has 0 aliphatic rings. The van der Waals surface area contributed by atoms with Gasteiger partial charge in [0.2, 0.25) is 0 Å². The maximum Gasteiger partial charge on any atom is 0.341 e. The van der Waals surface area contributed by atoms with Gasteiger partial charge in [0.15, 0.2) is 0 Å². The molecule has 1 N–H and O–H groups in total. The van der Waals surface area contributed by atoms with Gasteiger partial charge >= 0.3 is 5.97 Å². The van der Waals surface area contributed by atoms with Crippen LogP contribution in [0.5, 0.6) is 0 Å². The van der Waals surface area contributed by atoms with Crippen LogP contribution in [0.25, 0.3) is 16.9 Å². The van der Waals surface area contributed by atoms with Gasteiger partial charge in [0.25, 0.3) is 0 Å². The molecule has 0 spiro atoms. The van der Waals surface area contributed by atoms with E-state index in [1.54, 1.807) is 13.1 Å². The average Bonchev–Trinajstić information content (AvgIpc) is 2.98. The number of rotatable bonds is 5. The number of nitrogens with one attached hydrogen (secondary N) is 1. The quantitative estimate of drug-likeness (QED) is 0.726. The number of esters is 1. The minimum absolute atomic E-state index is 0.164. The lowest BCUT2D eigenvalue weighted by atomic mass is 10.2. The van der Waals surface area contributed by atoms with E-state index in [1.807, 2.05) is 36.7 Å². The molecular weight excluding hydrogens is 306 g/mol. The summed E-state index contributed by atoms with van der Waals surface area (Å²) < 4.78 is 6.96. The van der Waals surface area contributed by atoms with Crippen molar-refractivity contribution in [3.8, 4) is 5.82 Å². The molecule has 0 saturated heterocycles. The van der Waals surface area contributed by atoms with Crippen molar-refractivity contribution >= 4 is 22.7 Å². The number of carbonyl (C=O) groups is 1. The van der Waals surface area contributed by atoms with Gasteiger partial charge in [-0.2, -0.15) is 0 Å². The van der Waals surface area contributed by atoms with Crippen molar-refractivity contribution in [3.05, 3.63) is 42.6 Å². The molecule has 0 bridgehead atoms. The second-order valence-corrected chi connectivity index (χ2v) is 5.60. The molecule has 0 unspecified atom stereocenters. The highest BCUT2D eigenvalue weighted by Crippen LogP contribution is 2.23. The topological polar surface area (TPSA) is 81.9 Å². The van der Waals surface area contributed by atoms with Gasteiger partial charge in [0, 0.05) is 36.1 Å². The smallest absolute Gasteiger partial charge is 0.341 e. The first-order chi connectivity index (χ1) is 11.6. The lowest BCUT2D eigenvalue weighted by Gasteiger charge is -2.15. The minimum Gasteiger partial charge on any atom is -0.462 e. The summed E-state index contributed by atoms with van der Waals surface area (Å²) in [5.74, 6) is 0.277. The highest BCUT2D eigenvalue weighted by atomic mass is 16.5. The van der Waals surface area contributed by atoms with Crippen molar-refractivity contribution in [2.24, 2.45) is 0 Å². The number of pyridine rings is 1. The molecule has 3 heterocycles. The van der Waals surface area contributed by atoms with Gasteiger partial charge in [-0.1, -0.05) is 0 Å². The maximum absolute atomic E-state index is 12.1. The van der Waals surface area contributed by atoms with Gasteiger partial charge < -0.3 is 10.1 Å². The zero-order chi connectivity index (χ0) is 17.1. The Morgan fingerprint density at radius 2 is 2.17 bits per heavy atom. The van der Waals surface area contributed by atoms with Crippen molar-refractivity contribution in [2.75, 3.05) is 11.9 Å².